The van der Waals surface area contributed by atoms with E-state index in [4.69, 9.17) is 5.73 Å². The van der Waals surface area contributed by atoms with Gasteiger partial charge in [0.05, 0.1) is 17.5 Å². The molecule has 2 N–H and O–H groups in total. The summed E-state index contributed by atoms with van der Waals surface area (Å²) in [5.41, 5.74) is 5.51. The molecule has 0 aliphatic heterocycles. The third-order valence-electron chi connectivity index (χ3n) is 2.85. The lowest BCUT2D eigenvalue weighted by molar-refractivity contribution is -0.137. The Morgan fingerprint density at radius 2 is 2.15 bits per heavy atom. The maximum atomic E-state index is 12.6. The largest absolute Gasteiger partial charge is 0.419 e. The predicted molar refractivity (Wildman–Crippen MR) is 68.0 cm³/mol. The second-order valence-corrected chi connectivity index (χ2v) is 5.02. The van der Waals surface area contributed by atoms with Crippen molar-refractivity contribution in [1.29, 1.82) is 0 Å². The van der Waals surface area contributed by atoms with E-state index in [9.17, 15) is 13.2 Å². The predicted octanol–water partition coefficient (Wildman–Crippen LogP) is 2.10. The van der Waals surface area contributed by atoms with E-state index in [2.05, 4.69) is 10.1 Å². The highest BCUT2D eigenvalue weighted by Gasteiger charge is 2.32. The normalized spacial score (nSPS) is 12.4. The van der Waals surface area contributed by atoms with Gasteiger partial charge in [-0.15, -0.1) is 11.3 Å². The number of imidazole rings is 1. The standard InChI is InChI=1S/C11H10F3N5S/c12-11(13,14)7-5-16-19(6-7)9-8(1-2-15)18-3-4-20-10(18)17-9/h3-6H,1-2,15H2. The van der Waals surface area contributed by atoms with E-state index in [0.717, 1.165) is 22.8 Å². The summed E-state index contributed by atoms with van der Waals surface area (Å²) in [4.78, 5) is 5.02. The monoisotopic (exact) mass is 301 g/mol. The highest BCUT2D eigenvalue weighted by atomic mass is 32.1. The molecule has 0 bridgehead atoms. The molecule has 0 aromatic carbocycles. The zero-order valence-corrected chi connectivity index (χ0v) is 10.9. The van der Waals surface area contributed by atoms with Crippen LogP contribution in [0, 0.1) is 0 Å². The molecule has 3 aromatic rings. The first-order valence-electron chi connectivity index (χ1n) is 5.77. The van der Waals surface area contributed by atoms with Gasteiger partial charge in [-0.3, -0.25) is 4.40 Å². The van der Waals surface area contributed by atoms with Crippen molar-refractivity contribution in [2.45, 2.75) is 12.6 Å². The van der Waals surface area contributed by atoms with E-state index >= 15 is 0 Å². The van der Waals surface area contributed by atoms with Crippen molar-refractivity contribution < 1.29 is 13.2 Å². The number of nitrogens with two attached hydrogens (primary N) is 1. The number of hydrogen-bond acceptors (Lipinski definition) is 4. The molecule has 9 heteroatoms. The molecule has 3 aromatic heterocycles. The van der Waals surface area contributed by atoms with Crippen LogP contribution in [0.4, 0.5) is 13.2 Å². The van der Waals surface area contributed by atoms with Gasteiger partial charge in [-0.1, -0.05) is 0 Å². The molecule has 3 rings (SSSR count). The third-order valence-corrected chi connectivity index (χ3v) is 3.60. The quantitative estimate of drug-likeness (QED) is 0.806. The molecule has 5 nitrogen and oxygen atoms in total. The van der Waals surface area contributed by atoms with E-state index in [-0.39, 0.29) is 0 Å². The molecule has 0 amide bonds. The van der Waals surface area contributed by atoms with E-state index in [0.29, 0.717) is 23.7 Å². The van der Waals surface area contributed by atoms with Gasteiger partial charge in [0.25, 0.3) is 0 Å². The molecule has 0 atom stereocenters. The smallest absolute Gasteiger partial charge is 0.330 e. The van der Waals surface area contributed by atoms with Gasteiger partial charge in [0.1, 0.15) is 0 Å². The Labute approximate surface area is 115 Å². The second kappa shape index (κ2) is 4.60. The van der Waals surface area contributed by atoms with Crippen molar-refractivity contribution >= 4 is 16.3 Å². The lowest BCUT2D eigenvalue weighted by Crippen LogP contribution is -2.09. The van der Waals surface area contributed by atoms with Gasteiger partial charge in [0.2, 0.25) is 0 Å². The van der Waals surface area contributed by atoms with Crippen LogP contribution in [0.3, 0.4) is 0 Å². The topological polar surface area (TPSA) is 61.1 Å². The number of fused-ring (bicyclic) bond motifs is 1. The molecule has 20 heavy (non-hydrogen) atoms. The summed E-state index contributed by atoms with van der Waals surface area (Å²) in [6.07, 6.45) is -0.361. The van der Waals surface area contributed by atoms with Crippen LogP contribution >= 0.6 is 11.3 Å². The fraction of sp³-hybridized carbons (Fsp3) is 0.273. The van der Waals surface area contributed by atoms with Crippen LogP contribution < -0.4 is 5.73 Å². The number of alkyl halides is 3. The third kappa shape index (κ3) is 2.08. The Morgan fingerprint density at radius 3 is 2.80 bits per heavy atom. The molecule has 0 spiro atoms. The first-order valence-corrected chi connectivity index (χ1v) is 6.65. The van der Waals surface area contributed by atoms with Crippen molar-refractivity contribution in [2.75, 3.05) is 6.54 Å². The first-order chi connectivity index (χ1) is 9.50. The number of halogens is 3. The van der Waals surface area contributed by atoms with Crippen molar-refractivity contribution in [3.8, 4) is 5.82 Å². The summed E-state index contributed by atoms with van der Waals surface area (Å²) in [6.45, 7) is 0.379. The van der Waals surface area contributed by atoms with E-state index in [1.165, 1.54) is 11.3 Å². The van der Waals surface area contributed by atoms with Crippen LogP contribution in [0.1, 0.15) is 11.3 Å². The summed E-state index contributed by atoms with van der Waals surface area (Å²) >= 11 is 1.40. The Morgan fingerprint density at radius 1 is 1.35 bits per heavy atom. The fourth-order valence-electron chi connectivity index (χ4n) is 1.96. The molecule has 0 aliphatic carbocycles. The van der Waals surface area contributed by atoms with Gasteiger partial charge < -0.3 is 5.73 Å². The summed E-state index contributed by atoms with van der Waals surface area (Å²) < 4.78 is 40.8. The first kappa shape index (κ1) is 13.1. The molecular weight excluding hydrogens is 291 g/mol. The minimum Gasteiger partial charge on any atom is -0.330 e. The van der Waals surface area contributed by atoms with Crippen LogP contribution in [-0.4, -0.2) is 25.7 Å². The Hall–Kier alpha value is -1.87. The average Bonchev–Trinajstić information content (AvgIpc) is 3.03. The lowest BCUT2D eigenvalue weighted by atomic mass is 10.3. The van der Waals surface area contributed by atoms with Crippen LogP contribution in [0.2, 0.25) is 0 Å². The Kier molecular flexibility index (Phi) is 3.02. The molecule has 106 valence electrons. The highest BCUT2D eigenvalue weighted by Crippen LogP contribution is 2.29. The van der Waals surface area contributed by atoms with E-state index in [1.54, 1.807) is 0 Å². The van der Waals surface area contributed by atoms with Gasteiger partial charge in [-0.25, -0.2) is 4.68 Å². The Balaban J connectivity index is 2.11. The second-order valence-electron chi connectivity index (χ2n) is 4.15. The van der Waals surface area contributed by atoms with Gasteiger partial charge in [-0.2, -0.15) is 23.3 Å². The molecule has 0 saturated carbocycles. The number of nitrogens with zero attached hydrogens (tertiary/aromatic N) is 4. The molecule has 0 fully saturated rings. The van der Waals surface area contributed by atoms with Gasteiger partial charge in [-0.05, 0) is 6.54 Å². The zero-order chi connectivity index (χ0) is 14.3. The molecular formula is C11H10F3N5S. The van der Waals surface area contributed by atoms with Crippen LogP contribution in [0.15, 0.2) is 24.0 Å². The van der Waals surface area contributed by atoms with Crippen molar-refractivity contribution in [3.63, 3.8) is 0 Å². The summed E-state index contributed by atoms with van der Waals surface area (Å²) in [5.74, 6) is 0.387. The number of rotatable bonds is 3. The van der Waals surface area contributed by atoms with Gasteiger partial charge >= 0.3 is 6.18 Å². The van der Waals surface area contributed by atoms with Gasteiger partial charge in [0, 0.05) is 24.2 Å². The van der Waals surface area contributed by atoms with Crippen molar-refractivity contribution in [3.05, 3.63) is 35.2 Å². The van der Waals surface area contributed by atoms with E-state index in [1.807, 2.05) is 16.0 Å². The molecule has 0 radical (unpaired) electrons. The van der Waals surface area contributed by atoms with Gasteiger partial charge in [0.15, 0.2) is 10.8 Å². The minimum absolute atomic E-state index is 0.379. The molecule has 0 aliphatic rings. The maximum absolute atomic E-state index is 12.6. The summed E-state index contributed by atoms with van der Waals surface area (Å²) in [5, 5.41) is 5.61. The van der Waals surface area contributed by atoms with Crippen LogP contribution in [0.25, 0.3) is 10.8 Å². The van der Waals surface area contributed by atoms with Crippen molar-refractivity contribution in [1.82, 2.24) is 19.2 Å². The molecule has 0 unspecified atom stereocenters. The van der Waals surface area contributed by atoms with Crippen LogP contribution in [0.5, 0.6) is 0 Å². The molecule has 0 saturated heterocycles. The highest BCUT2D eigenvalue weighted by molar-refractivity contribution is 7.15. The number of thiazole rings is 1. The zero-order valence-electron chi connectivity index (χ0n) is 10.1. The van der Waals surface area contributed by atoms with Crippen molar-refractivity contribution in [2.24, 2.45) is 5.73 Å². The maximum Gasteiger partial charge on any atom is 0.419 e. The summed E-state index contributed by atoms with van der Waals surface area (Å²) in [7, 11) is 0. The number of aromatic nitrogens is 4. The molecule has 3 heterocycles. The fourth-order valence-corrected chi connectivity index (χ4v) is 2.69. The van der Waals surface area contributed by atoms with Crippen LogP contribution in [-0.2, 0) is 12.6 Å². The number of hydrogen-bond donors (Lipinski definition) is 1. The lowest BCUT2D eigenvalue weighted by Gasteiger charge is -2.03. The Bertz CT molecular complexity index is 739. The minimum atomic E-state index is -4.41. The SMILES string of the molecule is NCCc1c(-n2cc(C(F)(F)F)cn2)nc2sccn12. The van der Waals surface area contributed by atoms with E-state index < -0.39 is 11.7 Å². The summed E-state index contributed by atoms with van der Waals surface area (Å²) in [6, 6.07) is 0. The average molecular weight is 301 g/mol.